The van der Waals surface area contributed by atoms with Crippen molar-refractivity contribution in [3.8, 4) is 0 Å². The van der Waals surface area contributed by atoms with E-state index in [1.165, 1.54) is 10.4 Å². The van der Waals surface area contributed by atoms with Crippen LogP contribution in [0, 0.1) is 0 Å². The van der Waals surface area contributed by atoms with Gasteiger partial charge in [0.2, 0.25) is 15.9 Å². The van der Waals surface area contributed by atoms with Gasteiger partial charge in [0.25, 0.3) is 0 Å². The molecule has 26 heavy (non-hydrogen) atoms. The lowest BCUT2D eigenvalue weighted by Gasteiger charge is -2.36. The fourth-order valence-corrected chi connectivity index (χ4v) is 5.07. The van der Waals surface area contributed by atoms with E-state index >= 15 is 0 Å². The number of hydrogen-bond acceptors (Lipinski definition) is 4. The maximum Gasteiger partial charge on any atom is 0.243 e. The molecule has 0 unspecified atom stereocenters. The Bertz CT molecular complexity index is 721. The van der Waals surface area contributed by atoms with Gasteiger partial charge in [-0.1, -0.05) is 17.7 Å². The van der Waals surface area contributed by atoms with Crippen LogP contribution in [-0.2, 0) is 14.8 Å². The number of benzene rings is 1. The van der Waals surface area contributed by atoms with Gasteiger partial charge in [-0.25, -0.2) is 8.42 Å². The van der Waals surface area contributed by atoms with Crippen molar-refractivity contribution in [2.75, 3.05) is 32.7 Å². The molecule has 0 aliphatic carbocycles. The standard InChI is InChI=1S/C18H28ClN3O3S/c1-14(2)22(15(3)4)18(23)13-20-8-10-21(11-9-20)26(24,25)17-7-5-6-16(19)12-17/h5-7,12,14-15H,8-11,13H2,1-4H3. The molecule has 0 atom stereocenters. The van der Waals surface area contributed by atoms with Crippen molar-refractivity contribution in [2.24, 2.45) is 0 Å². The van der Waals surface area contributed by atoms with Crippen LogP contribution in [0.2, 0.25) is 5.02 Å². The number of amides is 1. The largest absolute Gasteiger partial charge is 0.337 e. The number of nitrogens with zero attached hydrogens (tertiary/aromatic N) is 3. The van der Waals surface area contributed by atoms with Crippen LogP contribution in [-0.4, -0.2) is 73.2 Å². The fraction of sp³-hybridized carbons (Fsp3) is 0.611. The van der Waals surface area contributed by atoms with Crippen molar-refractivity contribution in [1.29, 1.82) is 0 Å². The maximum absolute atomic E-state index is 12.7. The lowest BCUT2D eigenvalue weighted by atomic mass is 10.2. The topological polar surface area (TPSA) is 60.9 Å². The van der Waals surface area contributed by atoms with Gasteiger partial charge in [0.1, 0.15) is 0 Å². The summed E-state index contributed by atoms with van der Waals surface area (Å²) in [5, 5.41) is 0.401. The van der Waals surface area contributed by atoms with Gasteiger partial charge in [0.15, 0.2) is 0 Å². The van der Waals surface area contributed by atoms with Crippen molar-refractivity contribution < 1.29 is 13.2 Å². The van der Waals surface area contributed by atoms with E-state index in [1.807, 2.05) is 37.5 Å². The third kappa shape index (κ3) is 4.97. The molecular weight excluding hydrogens is 374 g/mol. The summed E-state index contributed by atoms with van der Waals surface area (Å²) in [5.74, 6) is 0.0844. The Morgan fingerprint density at radius 2 is 1.69 bits per heavy atom. The van der Waals surface area contributed by atoms with Gasteiger partial charge in [0.05, 0.1) is 11.4 Å². The van der Waals surface area contributed by atoms with Gasteiger partial charge < -0.3 is 4.90 Å². The molecule has 6 nitrogen and oxygen atoms in total. The molecule has 1 heterocycles. The highest BCUT2D eigenvalue weighted by Gasteiger charge is 2.30. The van der Waals surface area contributed by atoms with Crippen molar-refractivity contribution in [3.05, 3.63) is 29.3 Å². The summed E-state index contributed by atoms with van der Waals surface area (Å²) in [7, 11) is -3.55. The van der Waals surface area contributed by atoms with Gasteiger partial charge in [-0.05, 0) is 45.9 Å². The third-order valence-electron chi connectivity index (χ3n) is 4.52. The third-order valence-corrected chi connectivity index (χ3v) is 6.65. The molecule has 0 spiro atoms. The number of hydrogen-bond donors (Lipinski definition) is 0. The Morgan fingerprint density at radius 3 is 2.19 bits per heavy atom. The normalized spacial score (nSPS) is 17.0. The molecule has 1 aromatic rings. The second-order valence-electron chi connectivity index (χ2n) is 7.13. The number of halogens is 1. The Labute approximate surface area is 161 Å². The molecule has 2 rings (SSSR count). The summed E-state index contributed by atoms with van der Waals surface area (Å²) >= 11 is 5.92. The molecule has 1 saturated heterocycles. The van der Waals surface area contributed by atoms with Gasteiger partial charge in [-0.2, -0.15) is 4.31 Å². The number of rotatable bonds is 6. The lowest BCUT2D eigenvalue weighted by Crippen LogP contribution is -2.53. The first-order valence-corrected chi connectivity index (χ1v) is 10.7. The summed E-state index contributed by atoms with van der Waals surface area (Å²) in [6.07, 6.45) is 0. The molecule has 0 radical (unpaired) electrons. The monoisotopic (exact) mass is 401 g/mol. The van der Waals surface area contributed by atoms with Crippen LogP contribution < -0.4 is 0 Å². The Balaban J connectivity index is 1.98. The average molecular weight is 402 g/mol. The molecule has 0 N–H and O–H groups in total. The van der Waals surface area contributed by atoms with Crippen LogP contribution in [0.3, 0.4) is 0 Å². The van der Waals surface area contributed by atoms with E-state index in [4.69, 9.17) is 11.6 Å². The first-order chi connectivity index (χ1) is 12.1. The Morgan fingerprint density at radius 1 is 1.12 bits per heavy atom. The predicted molar refractivity (Wildman–Crippen MR) is 104 cm³/mol. The van der Waals surface area contributed by atoms with Crippen LogP contribution in [0.1, 0.15) is 27.7 Å². The van der Waals surface area contributed by atoms with Crippen molar-refractivity contribution in [2.45, 2.75) is 44.7 Å². The van der Waals surface area contributed by atoms with E-state index < -0.39 is 10.0 Å². The van der Waals surface area contributed by atoms with E-state index in [0.29, 0.717) is 37.7 Å². The van der Waals surface area contributed by atoms with Crippen molar-refractivity contribution >= 4 is 27.5 Å². The molecule has 1 fully saturated rings. The predicted octanol–water partition coefficient (Wildman–Crippen LogP) is 2.29. The molecule has 0 aromatic heterocycles. The number of piperazine rings is 1. The Hall–Kier alpha value is -1.15. The highest BCUT2D eigenvalue weighted by Crippen LogP contribution is 2.21. The van der Waals surface area contributed by atoms with Crippen LogP contribution in [0.5, 0.6) is 0 Å². The molecule has 1 amide bonds. The first kappa shape index (κ1) is 21.2. The summed E-state index contributed by atoms with van der Waals surface area (Å²) in [6.45, 7) is 10.2. The zero-order chi connectivity index (χ0) is 19.5. The summed E-state index contributed by atoms with van der Waals surface area (Å²) in [5.41, 5.74) is 0. The second kappa shape index (κ2) is 8.69. The van der Waals surface area contributed by atoms with E-state index in [9.17, 15) is 13.2 Å². The minimum atomic E-state index is -3.55. The van der Waals surface area contributed by atoms with Gasteiger partial charge >= 0.3 is 0 Å². The molecule has 1 aliphatic heterocycles. The van der Waals surface area contributed by atoms with E-state index in [-0.39, 0.29) is 22.9 Å². The van der Waals surface area contributed by atoms with Crippen LogP contribution in [0.4, 0.5) is 0 Å². The van der Waals surface area contributed by atoms with E-state index in [0.717, 1.165) is 0 Å². The average Bonchev–Trinajstić information content (AvgIpc) is 2.54. The maximum atomic E-state index is 12.7. The summed E-state index contributed by atoms with van der Waals surface area (Å²) in [6, 6.07) is 6.60. The zero-order valence-corrected chi connectivity index (χ0v) is 17.4. The van der Waals surface area contributed by atoms with Gasteiger partial charge in [-0.15, -0.1) is 0 Å². The van der Waals surface area contributed by atoms with Crippen LogP contribution >= 0.6 is 11.6 Å². The zero-order valence-electron chi connectivity index (χ0n) is 15.9. The number of carbonyl (C=O) groups is 1. The lowest BCUT2D eigenvalue weighted by molar-refractivity contribution is -0.136. The quantitative estimate of drug-likeness (QED) is 0.733. The summed E-state index contributed by atoms with van der Waals surface area (Å²) in [4.78, 5) is 16.7. The van der Waals surface area contributed by atoms with Gasteiger partial charge in [-0.3, -0.25) is 9.69 Å². The van der Waals surface area contributed by atoms with Gasteiger partial charge in [0, 0.05) is 43.3 Å². The first-order valence-electron chi connectivity index (χ1n) is 8.92. The molecule has 0 saturated carbocycles. The molecular formula is C18H28ClN3O3S. The second-order valence-corrected chi connectivity index (χ2v) is 9.50. The molecule has 0 bridgehead atoms. The van der Waals surface area contributed by atoms with Crippen LogP contribution in [0.15, 0.2) is 29.2 Å². The SMILES string of the molecule is CC(C)N(C(=O)CN1CCN(S(=O)(=O)c2cccc(Cl)c2)CC1)C(C)C. The minimum Gasteiger partial charge on any atom is -0.337 e. The van der Waals surface area contributed by atoms with Crippen molar-refractivity contribution in [3.63, 3.8) is 0 Å². The smallest absolute Gasteiger partial charge is 0.243 e. The highest BCUT2D eigenvalue weighted by molar-refractivity contribution is 7.89. The molecule has 8 heteroatoms. The van der Waals surface area contributed by atoms with E-state index in [2.05, 4.69) is 0 Å². The highest BCUT2D eigenvalue weighted by atomic mass is 35.5. The molecule has 1 aromatic carbocycles. The van der Waals surface area contributed by atoms with Crippen molar-refractivity contribution in [1.82, 2.24) is 14.1 Å². The number of sulfonamides is 1. The molecule has 146 valence electrons. The molecule has 1 aliphatic rings. The Kier molecular flexibility index (Phi) is 7.07. The van der Waals surface area contributed by atoms with E-state index in [1.54, 1.807) is 18.2 Å². The summed E-state index contributed by atoms with van der Waals surface area (Å²) < 4.78 is 26.9. The van der Waals surface area contributed by atoms with Crippen LogP contribution in [0.25, 0.3) is 0 Å². The fourth-order valence-electron chi connectivity index (χ4n) is 3.35. The minimum absolute atomic E-state index is 0.0844. The number of carbonyl (C=O) groups excluding carboxylic acids is 1.